The molecule has 4 nitrogen and oxygen atoms in total. The molecule has 2 fully saturated rings. The second-order valence-electron chi connectivity index (χ2n) is 5.62. The quantitative estimate of drug-likeness (QED) is 0.833. The molecule has 3 N–H and O–H groups in total. The maximum absolute atomic E-state index is 9.86. The number of aromatic nitrogens is 1. The van der Waals surface area contributed by atoms with Gasteiger partial charge in [-0.3, -0.25) is 0 Å². The van der Waals surface area contributed by atoms with E-state index in [0.717, 1.165) is 37.1 Å². The molecular weight excluding hydrogens is 226 g/mol. The van der Waals surface area contributed by atoms with Crippen LogP contribution in [-0.4, -0.2) is 28.3 Å². The fourth-order valence-electron chi connectivity index (χ4n) is 3.47. The van der Waals surface area contributed by atoms with Crippen LogP contribution in [0.1, 0.15) is 44.2 Å². The number of nitrogens with two attached hydrogens (primary N) is 1. The summed E-state index contributed by atoms with van der Waals surface area (Å²) in [6, 6.07) is 4.89. The molecule has 3 rings (SSSR count). The van der Waals surface area contributed by atoms with E-state index in [-0.39, 0.29) is 12.1 Å². The number of aliphatic hydroxyl groups is 1. The van der Waals surface area contributed by atoms with Gasteiger partial charge < -0.3 is 15.7 Å². The number of hydrogen-bond donors (Lipinski definition) is 2. The van der Waals surface area contributed by atoms with E-state index in [9.17, 15) is 5.11 Å². The fourth-order valence-corrected chi connectivity index (χ4v) is 3.47. The predicted molar refractivity (Wildman–Crippen MR) is 71.4 cm³/mol. The molecule has 2 unspecified atom stereocenters. The van der Waals surface area contributed by atoms with Gasteiger partial charge in [0.1, 0.15) is 5.82 Å². The van der Waals surface area contributed by atoms with Crippen molar-refractivity contribution in [1.29, 1.82) is 0 Å². The highest BCUT2D eigenvalue weighted by molar-refractivity contribution is 5.51. The molecule has 4 heteroatoms. The average Bonchev–Trinajstić information content (AvgIpc) is 2.61. The zero-order valence-corrected chi connectivity index (χ0v) is 10.8. The van der Waals surface area contributed by atoms with Crippen LogP contribution in [0.2, 0.25) is 0 Å². The lowest BCUT2D eigenvalue weighted by atomic mass is 9.98. The molecule has 0 aromatic carbocycles. The largest absolute Gasteiger partial charge is 0.393 e. The van der Waals surface area contributed by atoms with E-state index in [1.807, 2.05) is 19.2 Å². The molecule has 2 bridgehead atoms. The van der Waals surface area contributed by atoms with Crippen LogP contribution in [0.3, 0.4) is 0 Å². The second kappa shape index (κ2) is 4.52. The van der Waals surface area contributed by atoms with Gasteiger partial charge in [0.2, 0.25) is 0 Å². The molecule has 2 saturated heterocycles. The van der Waals surface area contributed by atoms with Crippen LogP contribution in [0.15, 0.2) is 18.3 Å². The summed E-state index contributed by atoms with van der Waals surface area (Å²) >= 11 is 0. The van der Waals surface area contributed by atoms with Gasteiger partial charge >= 0.3 is 0 Å². The first-order valence-electron chi connectivity index (χ1n) is 6.83. The van der Waals surface area contributed by atoms with Crippen LogP contribution in [0.5, 0.6) is 0 Å². The van der Waals surface area contributed by atoms with Crippen LogP contribution in [0.4, 0.5) is 5.82 Å². The number of aliphatic hydroxyl groups excluding tert-OH is 1. The van der Waals surface area contributed by atoms with Crippen LogP contribution >= 0.6 is 0 Å². The Labute approximate surface area is 108 Å². The normalized spacial score (nSPS) is 32.6. The molecule has 0 spiro atoms. The van der Waals surface area contributed by atoms with E-state index in [1.165, 1.54) is 0 Å². The zero-order chi connectivity index (χ0) is 12.7. The maximum Gasteiger partial charge on any atom is 0.133 e. The van der Waals surface area contributed by atoms with Crippen molar-refractivity contribution in [3.8, 4) is 0 Å². The third-order valence-corrected chi connectivity index (χ3v) is 4.26. The number of fused-ring (bicyclic) bond motifs is 2. The van der Waals surface area contributed by atoms with E-state index in [0.29, 0.717) is 12.1 Å². The number of anilines is 1. The molecule has 3 atom stereocenters. The van der Waals surface area contributed by atoms with Gasteiger partial charge in [0.25, 0.3) is 0 Å². The number of hydrogen-bond acceptors (Lipinski definition) is 4. The fraction of sp³-hybridized carbons (Fsp3) is 0.643. The maximum atomic E-state index is 9.86. The molecule has 0 saturated carbocycles. The van der Waals surface area contributed by atoms with Crippen molar-refractivity contribution in [2.75, 3.05) is 4.90 Å². The molecule has 18 heavy (non-hydrogen) atoms. The Morgan fingerprint density at radius 2 is 2.06 bits per heavy atom. The van der Waals surface area contributed by atoms with E-state index in [4.69, 9.17) is 5.73 Å². The lowest BCUT2D eigenvalue weighted by molar-refractivity contribution is 0.126. The zero-order valence-electron chi connectivity index (χ0n) is 10.8. The topological polar surface area (TPSA) is 62.4 Å². The Balaban J connectivity index is 1.96. The number of rotatable bonds is 2. The van der Waals surface area contributed by atoms with Gasteiger partial charge in [-0.15, -0.1) is 0 Å². The second-order valence-corrected chi connectivity index (χ2v) is 5.62. The Hall–Kier alpha value is -1.13. The van der Waals surface area contributed by atoms with Crippen LogP contribution in [0.25, 0.3) is 0 Å². The molecule has 1 aromatic heterocycles. The minimum absolute atomic E-state index is 0.0000463. The highest BCUT2D eigenvalue weighted by Crippen LogP contribution is 2.40. The van der Waals surface area contributed by atoms with Crippen LogP contribution < -0.4 is 10.6 Å². The minimum Gasteiger partial charge on any atom is -0.393 e. The molecule has 0 amide bonds. The van der Waals surface area contributed by atoms with Crippen LogP contribution in [-0.2, 0) is 0 Å². The van der Waals surface area contributed by atoms with Gasteiger partial charge in [-0.2, -0.15) is 0 Å². The van der Waals surface area contributed by atoms with Gasteiger partial charge in [-0.1, -0.05) is 6.07 Å². The summed E-state index contributed by atoms with van der Waals surface area (Å²) in [7, 11) is 0. The summed E-state index contributed by atoms with van der Waals surface area (Å²) in [6.45, 7) is 2.00. The summed E-state index contributed by atoms with van der Waals surface area (Å²) < 4.78 is 0. The van der Waals surface area contributed by atoms with Gasteiger partial charge in [0, 0.05) is 29.9 Å². The molecule has 98 valence electrons. The van der Waals surface area contributed by atoms with Crippen LogP contribution in [0, 0.1) is 0 Å². The van der Waals surface area contributed by atoms with Gasteiger partial charge in [-0.25, -0.2) is 4.98 Å². The van der Waals surface area contributed by atoms with Crippen molar-refractivity contribution in [3.05, 3.63) is 23.9 Å². The first kappa shape index (κ1) is 11.9. The first-order chi connectivity index (χ1) is 8.66. The van der Waals surface area contributed by atoms with Crippen molar-refractivity contribution in [3.63, 3.8) is 0 Å². The third kappa shape index (κ3) is 1.89. The first-order valence-corrected chi connectivity index (χ1v) is 6.83. The third-order valence-electron chi connectivity index (χ3n) is 4.26. The Morgan fingerprint density at radius 1 is 1.39 bits per heavy atom. The molecule has 3 heterocycles. The smallest absolute Gasteiger partial charge is 0.133 e. The summed E-state index contributed by atoms with van der Waals surface area (Å²) in [5.74, 6) is 1.03. The standard InChI is InChI=1S/C14H21N3O/c1-9(15)13-3-2-6-16-14(13)17-10-4-5-11(17)8-12(18)7-10/h2-3,6,9-12,18H,4-5,7-8,15H2,1H3/t9-,10?,11?,12?/m0/s1. The highest BCUT2D eigenvalue weighted by Gasteiger charge is 2.41. The number of piperidine rings is 1. The van der Waals surface area contributed by atoms with Crippen molar-refractivity contribution in [1.82, 2.24) is 4.98 Å². The van der Waals surface area contributed by atoms with Gasteiger partial charge in [-0.05, 0) is 38.7 Å². The van der Waals surface area contributed by atoms with Gasteiger partial charge in [0.05, 0.1) is 6.10 Å². The number of nitrogens with zero attached hydrogens (tertiary/aromatic N) is 2. The summed E-state index contributed by atoms with van der Waals surface area (Å²) in [6.07, 6.45) is 5.76. The summed E-state index contributed by atoms with van der Waals surface area (Å²) in [5, 5.41) is 9.86. The van der Waals surface area contributed by atoms with E-state index in [1.54, 1.807) is 0 Å². The predicted octanol–water partition coefficient (Wildman–Crippen LogP) is 1.59. The van der Waals surface area contributed by atoms with Gasteiger partial charge in [0.15, 0.2) is 0 Å². The molecule has 2 aliphatic heterocycles. The molecular formula is C14H21N3O. The van der Waals surface area contributed by atoms with Crippen molar-refractivity contribution >= 4 is 5.82 Å². The molecule has 0 aliphatic carbocycles. The molecule has 0 radical (unpaired) electrons. The monoisotopic (exact) mass is 247 g/mol. The lowest BCUT2D eigenvalue weighted by Crippen LogP contribution is -2.45. The van der Waals surface area contributed by atoms with Crippen molar-refractivity contribution in [2.24, 2.45) is 5.73 Å². The summed E-state index contributed by atoms with van der Waals surface area (Å²) in [4.78, 5) is 6.96. The van der Waals surface area contributed by atoms with Crippen molar-refractivity contribution < 1.29 is 5.11 Å². The SMILES string of the molecule is C[C@H](N)c1cccnc1N1C2CCC1CC(O)C2. The van der Waals surface area contributed by atoms with E-state index < -0.39 is 0 Å². The van der Waals surface area contributed by atoms with E-state index in [2.05, 4.69) is 16.0 Å². The van der Waals surface area contributed by atoms with E-state index >= 15 is 0 Å². The summed E-state index contributed by atoms with van der Waals surface area (Å²) in [5.41, 5.74) is 7.16. The highest BCUT2D eigenvalue weighted by atomic mass is 16.3. The Bertz CT molecular complexity index is 421. The Morgan fingerprint density at radius 3 is 2.67 bits per heavy atom. The number of pyridine rings is 1. The lowest BCUT2D eigenvalue weighted by Gasteiger charge is -2.39. The molecule has 2 aliphatic rings. The Kier molecular flexibility index (Phi) is 2.99. The van der Waals surface area contributed by atoms with Crippen molar-refractivity contribution in [2.45, 2.75) is 56.8 Å². The molecule has 1 aromatic rings. The average molecular weight is 247 g/mol. The minimum atomic E-state index is -0.138.